The number of nitrogens with one attached hydrogen (secondary N) is 1. The van der Waals surface area contributed by atoms with Crippen LogP contribution in [-0.2, 0) is 4.79 Å². The van der Waals surface area contributed by atoms with E-state index < -0.39 is 0 Å². The fourth-order valence-electron chi connectivity index (χ4n) is 6.69. The van der Waals surface area contributed by atoms with E-state index >= 15 is 0 Å². The summed E-state index contributed by atoms with van der Waals surface area (Å²) in [5.41, 5.74) is 1.80. The van der Waals surface area contributed by atoms with Crippen LogP contribution >= 0.6 is 0 Å². The van der Waals surface area contributed by atoms with Gasteiger partial charge >= 0.3 is 0 Å². The van der Waals surface area contributed by atoms with Crippen LogP contribution in [0.1, 0.15) is 77.2 Å². The fraction of sp³-hybridized carbons (Fsp3) is 0.600. The van der Waals surface area contributed by atoms with E-state index in [2.05, 4.69) is 45.2 Å². The molecule has 0 spiro atoms. The molecule has 8 nitrogen and oxygen atoms in total. The van der Waals surface area contributed by atoms with Gasteiger partial charge in [-0.2, -0.15) is 4.98 Å². The number of pyridine rings is 1. The number of likely N-dealkylation sites (tertiary alicyclic amines) is 1. The molecule has 202 valence electrons. The number of nitrogens with zero attached hydrogens (tertiary/aromatic N) is 5. The lowest BCUT2D eigenvalue weighted by molar-refractivity contribution is -0.120. The number of rotatable bonds is 7. The van der Waals surface area contributed by atoms with Gasteiger partial charge in [0.15, 0.2) is 0 Å². The summed E-state index contributed by atoms with van der Waals surface area (Å²) in [6.07, 6.45) is 11.4. The van der Waals surface area contributed by atoms with Crippen molar-refractivity contribution in [1.29, 1.82) is 0 Å². The third kappa shape index (κ3) is 4.91. The van der Waals surface area contributed by atoms with Gasteiger partial charge in [-0.05, 0) is 75.6 Å². The van der Waals surface area contributed by atoms with Gasteiger partial charge in [0, 0.05) is 61.8 Å². The second-order valence-electron chi connectivity index (χ2n) is 11.3. The topological polar surface area (TPSA) is 83.4 Å². The molecule has 1 N–H and O–H groups in total. The number of unbranched alkanes of at least 4 members (excludes halogenated alkanes) is 1. The van der Waals surface area contributed by atoms with Crippen LogP contribution in [0.2, 0.25) is 0 Å². The molecule has 4 heterocycles. The Kier molecular flexibility index (Phi) is 7.32. The Hall–Kier alpha value is -3.00. The average molecular weight is 517 g/mol. The van der Waals surface area contributed by atoms with Crippen molar-refractivity contribution in [3.8, 4) is 0 Å². The summed E-state index contributed by atoms with van der Waals surface area (Å²) >= 11 is 0. The highest BCUT2D eigenvalue weighted by Gasteiger charge is 2.28. The molecule has 0 radical (unpaired) electrons. The Bertz CT molecular complexity index is 1360. The number of benzene rings is 1. The first kappa shape index (κ1) is 25.3. The predicted molar refractivity (Wildman–Crippen MR) is 153 cm³/mol. The van der Waals surface area contributed by atoms with E-state index in [0.29, 0.717) is 43.3 Å². The maximum absolute atomic E-state index is 14.1. The third-order valence-corrected chi connectivity index (χ3v) is 8.92. The van der Waals surface area contributed by atoms with E-state index in [0.717, 1.165) is 54.3 Å². The molecular weight excluding hydrogens is 476 g/mol. The maximum atomic E-state index is 14.1. The first-order valence-corrected chi connectivity index (χ1v) is 14.7. The number of ketones is 1. The molecule has 0 unspecified atom stereocenters. The number of hydrogen-bond donors (Lipinski definition) is 1. The van der Waals surface area contributed by atoms with Gasteiger partial charge in [0.2, 0.25) is 5.95 Å². The molecule has 6 rings (SSSR count). The lowest BCUT2D eigenvalue weighted by Crippen LogP contribution is -2.43. The second-order valence-corrected chi connectivity index (χ2v) is 11.3. The quantitative estimate of drug-likeness (QED) is 0.353. The molecule has 0 bridgehead atoms. The molecule has 1 aromatic carbocycles. The van der Waals surface area contributed by atoms with E-state index in [-0.39, 0.29) is 17.4 Å². The van der Waals surface area contributed by atoms with Crippen LogP contribution in [0.15, 0.2) is 29.2 Å². The molecule has 3 aromatic rings. The molecule has 2 aromatic heterocycles. The zero-order valence-corrected chi connectivity index (χ0v) is 22.6. The van der Waals surface area contributed by atoms with E-state index in [9.17, 15) is 9.59 Å². The van der Waals surface area contributed by atoms with Gasteiger partial charge in [0.25, 0.3) is 5.56 Å². The minimum Gasteiger partial charge on any atom is -0.371 e. The minimum absolute atomic E-state index is 0.00106. The van der Waals surface area contributed by atoms with Crippen LogP contribution in [0.3, 0.4) is 0 Å². The Morgan fingerprint density at radius 2 is 1.68 bits per heavy atom. The number of Topliss-reactive ketones (excluding diaryl/α,β-unsaturated/α-hetero) is 1. The zero-order valence-electron chi connectivity index (χ0n) is 22.6. The molecule has 3 aliphatic rings. The number of carbonyl (C=O) groups is 1. The molecule has 3 fully saturated rings. The number of fused-ring (bicyclic) bond motifs is 3. The third-order valence-electron chi connectivity index (χ3n) is 8.92. The van der Waals surface area contributed by atoms with Crippen LogP contribution < -0.4 is 15.8 Å². The Morgan fingerprint density at radius 1 is 0.921 bits per heavy atom. The van der Waals surface area contributed by atoms with Gasteiger partial charge in [-0.3, -0.25) is 14.2 Å². The molecule has 0 atom stereocenters. The largest absolute Gasteiger partial charge is 0.371 e. The number of hydrogen-bond acceptors (Lipinski definition) is 7. The Morgan fingerprint density at radius 3 is 2.42 bits per heavy atom. The van der Waals surface area contributed by atoms with Crippen LogP contribution in [0.25, 0.3) is 21.8 Å². The summed E-state index contributed by atoms with van der Waals surface area (Å²) < 4.78 is 1.88. The molecule has 38 heavy (non-hydrogen) atoms. The summed E-state index contributed by atoms with van der Waals surface area (Å²) in [6.45, 7) is 7.50. The van der Waals surface area contributed by atoms with Gasteiger partial charge < -0.3 is 15.1 Å². The summed E-state index contributed by atoms with van der Waals surface area (Å²) in [5, 5.41) is 5.85. The van der Waals surface area contributed by atoms with Gasteiger partial charge in [-0.15, -0.1) is 0 Å². The van der Waals surface area contributed by atoms with E-state index in [1.54, 1.807) is 0 Å². The Balaban J connectivity index is 1.37. The van der Waals surface area contributed by atoms with Crippen molar-refractivity contribution in [2.24, 2.45) is 0 Å². The zero-order chi connectivity index (χ0) is 26.1. The van der Waals surface area contributed by atoms with Crippen molar-refractivity contribution >= 4 is 39.2 Å². The number of anilines is 2. The summed E-state index contributed by atoms with van der Waals surface area (Å²) in [6, 6.07) is 7.01. The number of piperidine rings is 1. The highest BCUT2D eigenvalue weighted by atomic mass is 16.1. The molecule has 1 saturated carbocycles. The van der Waals surface area contributed by atoms with Crippen LogP contribution in [-0.4, -0.2) is 64.0 Å². The standard InChI is InChI=1S/C30H40N6O2/c1-2-3-14-31-30-32-20-27-25-11-8-23(35-17-12-21(13-18-35)34-15-4-5-16-34)19-26(25)29(38)36(28(27)33-30)22-6-9-24(37)10-7-22/h8,11,19-22H,2-7,9-10,12-18H2,1H3,(H,31,32,33). The molecule has 0 amide bonds. The van der Waals surface area contributed by atoms with Gasteiger partial charge in [0.05, 0.1) is 5.39 Å². The fourth-order valence-corrected chi connectivity index (χ4v) is 6.69. The number of aromatic nitrogens is 3. The predicted octanol–water partition coefficient (Wildman–Crippen LogP) is 4.91. The average Bonchev–Trinajstić information content (AvgIpc) is 3.49. The first-order chi connectivity index (χ1) is 18.6. The summed E-state index contributed by atoms with van der Waals surface area (Å²) in [7, 11) is 0. The van der Waals surface area contributed by atoms with Crippen molar-refractivity contribution < 1.29 is 4.79 Å². The lowest BCUT2D eigenvalue weighted by Gasteiger charge is -2.38. The van der Waals surface area contributed by atoms with E-state index in [1.165, 1.54) is 38.8 Å². The SMILES string of the molecule is CCCCNc1ncc2c3ccc(N4CCC(N5CCCC5)CC4)cc3c(=O)n(C3CCC(=O)CC3)c2n1. The van der Waals surface area contributed by atoms with Crippen LogP contribution in [0.5, 0.6) is 0 Å². The molecule has 2 saturated heterocycles. The van der Waals surface area contributed by atoms with Crippen LogP contribution in [0.4, 0.5) is 11.6 Å². The molecular formula is C30H40N6O2. The van der Waals surface area contributed by atoms with Crippen molar-refractivity contribution in [3.05, 3.63) is 34.7 Å². The van der Waals surface area contributed by atoms with Crippen molar-refractivity contribution in [2.75, 3.05) is 42.9 Å². The maximum Gasteiger partial charge on any atom is 0.260 e. The normalized spacial score (nSPS) is 20.1. The summed E-state index contributed by atoms with van der Waals surface area (Å²) in [4.78, 5) is 40.7. The van der Waals surface area contributed by atoms with Crippen LogP contribution in [0, 0.1) is 0 Å². The van der Waals surface area contributed by atoms with Gasteiger partial charge in [-0.25, -0.2) is 4.98 Å². The molecule has 8 heteroatoms. The molecule has 1 aliphatic carbocycles. The second kappa shape index (κ2) is 11.0. The monoisotopic (exact) mass is 516 g/mol. The highest BCUT2D eigenvalue weighted by Crippen LogP contribution is 2.33. The summed E-state index contributed by atoms with van der Waals surface area (Å²) in [5.74, 6) is 0.846. The highest BCUT2D eigenvalue weighted by molar-refractivity contribution is 6.05. The minimum atomic E-state index is -0.0228. The lowest BCUT2D eigenvalue weighted by atomic mass is 9.93. The first-order valence-electron chi connectivity index (χ1n) is 14.7. The number of carbonyl (C=O) groups excluding carboxylic acids is 1. The van der Waals surface area contributed by atoms with Crippen molar-refractivity contribution in [2.45, 2.75) is 83.2 Å². The smallest absolute Gasteiger partial charge is 0.260 e. The molecule has 2 aliphatic heterocycles. The Labute approximate surface area is 224 Å². The van der Waals surface area contributed by atoms with E-state index in [1.807, 2.05) is 10.8 Å². The van der Waals surface area contributed by atoms with Gasteiger partial charge in [0.1, 0.15) is 11.4 Å². The van der Waals surface area contributed by atoms with Crippen molar-refractivity contribution in [3.63, 3.8) is 0 Å². The van der Waals surface area contributed by atoms with Gasteiger partial charge in [-0.1, -0.05) is 19.4 Å². The van der Waals surface area contributed by atoms with Crippen molar-refractivity contribution in [1.82, 2.24) is 19.4 Å². The van der Waals surface area contributed by atoms with E-state index in [4.69, 9.17) is 4.98 Å².